The number of hydrogen-bond donors (Lipinski definition) is 2. The Labute approximate surface area is 194 Å². The second kappa shape index (κ2) is 13.0. The normalized spacial score (nSPS) is 10.8. The molecule has 0 aliphatic carbocycles. The average Bonchev–Trinajstić information content (AvgIpc) is 2.71. The molecule has 0 bridgehead atoms. The number of carbonyl (C=O) groups is 1. The number of guanidine groups is 1. The molecule has 1 amide bonds. The van der Waals surface area contributed by atoms with Crippen molar-refractivity contribution in [2.24, 2.45) is 4.99 Å². The van der Waals surface area contributed by atoms with Crippen molar-refractivity contribution in [1.29, 1.82) is 0 Å². The van der Waals surface area contributed by atoms with Gasteiger partial charge < -0.3 is 20.3 Å². The molecule has 6 nitrogen and oxygen atoms in total. The highest BCUT2D eigenvalue weighted by molar-refractivity contribution is 14.0. The van der Waals surface area contributed by atoms with E-state index in [4.69, 9.17) is 4.74 Å². The van der Waals surface area contributed by atoms with Crippen LogP contribution >= 0.6 is 24.0 Å². The Balaban J connectivity index is 0.00000450. The second-order valence-corrected chi connectivity index (χ2v) is 6.64. The Kier molecular flexibility index (Phi) is 11.2. The Morgan fingerprint density at radius 2 is 1.73 bits per heavy atom. The molecule has 0 unspecified atom stereocenters. The maximum absolute atomic E-state index is 14.0. The number of amides is 1. The lowest BCUT2D eigenvalue weighted by molar-refractivity contribution is 0.0827. The third-order valence-corrected chi connectivity index (χ3v) is 4.13. The maximum Gasteiger partial charge on any atom is 0.253 e. The van der Waals surface area contributed by atoms with E-state index in [0.717, 1.165) is 11.1 Å². The van der Waals surface area contributed by atoms with E-state index in [1.54, 1.807) is 25.1 Å². The van der Waals surface area contributed by atoms with Gasteiger partial charge in [-0.3, -0.25) is 4.79 Å². The molecule has 2 aromatic carbocycles. The number of nitrogens with zero attached hydrogens (tertiary/aromatic N) is 2. The van der Waals surface area contributed by atoms with Gasteiger partial charge in [0.05, 0.1) is 13.2 Å². The smallest absolute Gasteiger partial charge is 0.253 e. The van der Waals surface area contributed by atoms with Gasteiger partial charge in [-0.1, -0.05) is 18.2 Å². The fourth-order valence-electron chi connectivity index (χ4n) is 2.64. The topological polar surface area (TPSA) is 66.0 Å². The number of benzene rings is 2. The summed E-state index contributed by atoms with van der Waals surface area (Å²) in [5.41, 5.74) is 2.43. The van der Waals surface area contributed by atoms with Gasteiger partial charge in [-0.05, 0) is 49.2 Å². The average molecular weight is 528 g/mol. The summed E-state index contributed by atoms with van der Waals surface area (Å²) in [7, 11) is 3.46. The zero-order valence-electron chi connectivity index (χ0n) is 17.9. The molecule has 2 aromatic rings. The number of halogens is 2. The second-order valence-electron chi connectivity index (χ2n) is 6.64. The lowest BCUT2D eigenvalue weighted by Crippen LogP contribution is -2.36. The summed E-state index contributed by atoms with van der Waals surface area (Å²) in [6.07, 6.45) is 0. The molecule has 0 saturated heterocycles. The summed E-state index contributed by atoms with van der Waals surface area (Å²) in [5.74, 6) is 0.476. The summed E-state index contributed by atoms with van der Waals surface area (Å²) in [6.45, 7) is 5.83. The Bertz CT molecular complexity index is 842. The fraction of sp³-hybridized carbons (Fsp3) is 0.364. The van der Waals surface area contributed by atoms with Crippen molar-refractivity contribution in [2.45, 2.75) is 26.9 Å². The van der Waals surface area contributed by atoms with Gasteiger partial charge in [0, 0.05) is 32.7 Å². The lowest BCUT2D eigenvalue weighted by Gasteiger charge is -2.13. The van der Waals surface area contributed by atoms with E-state index in [2.05, 4.69) is 15.6 Å². The van der Waals surface area contributed by atoms with Gasteiger partial charge in [-0.25, -0.2) is 9.38 Å². The van der Waals surface area contributed by atoms with Crippen LogP contribution in [0.5, 0.6) is 5.75 Å². The zero-order chi connectivity index (χ0) is 21.2. The maximum atomic E-state index is 14.0. The molecule has 8 heteroatoms. The first kappa shape index (κ1) is 25.7. The van der Waals surface area contributed by atoms with Crippen LogP contribution in [0.25, 0.3) is 0 Å². The number of ether oxygens (including phenoxy) is 1. The number of aliphatic imine (C=N–C) groups is 1. The SMILES string of the molecule is CCNC(=NCc1ccc(OCC)c(F)c1)NCc1ccc(C(=O)N(C)C)cc1.I. The predicted octanol–water partition coefficient (Wildman–Crippen LogP) is 3.80. The van der Waals surface area contributed by atoms with Crippen LogP contribution in [-0.2, 0) is 13.1 Å². The molecule has 0 radical (unpaired) electrons. The standard InChI is InChI=1S/C22H29FN4O2.HI/c1-5-24-22(26-15-17-9-12-20(29-6-2)19(23)13-17)25-14-16-7-10-18(11-8-16)21(28)27(3)4;/h7-13H,5-6,14-15H2,1-4H3,(H2,24,25,26);1H. The van der Waals surface area contributed by atoms with Gasteiger partial charge in [-0.2, -0.15) is 0 Å². The molecule has 0 aliphatic heterocycles. The summed E-state index contributed by atoms with van der Waals surface area (Å²) in [4.78, 5) is 18.0. The lowest BCUT2D eigenvalue weighted by atomic mass is 10.1. The molecular formula is C22H30FIN4O2. The summed E-state index contributed by atoms with van der Waals surface area (Å²) < 4.78 is 19.2. The Morgan fingerprint density at radius 3 is 2.30 bits per heavy atom. The monoisotopic (exact) mass is 528 g/mol. The first-order valence-electron chi connectivity index (χ1n) is 9.68. The molecule has 0 heterocycles. The minimum Gasteiger partial charge on any atom is -0.491 e. The quantitative estimate of drug-likeness (QED) is 0.311. The van der Waals surface area contributed by atoms with Gasteiger partial charge in [0.15, 0.2) is 17.5 Å². The summed E-state index contributed by atoms with van der Waals surface area (Å²) in [6, 6.07) is 12.3. The summed E-state index contributed by atoms with van der Waals surface area (Å²) in [5, 5.41) is 6.42. The van der Waals surface area contributed by atoms with Crippen LogP contribution < -0.4 is 15.4 Å². The molecule has 0 fully saturated rings. The molecule has 2 rings (SSSR count). The predicted molar refractivity (Wildman–Crippen MR) is 129 cm³/mol. The molecule has 0 atom stereocenters. The van der Waals surface area contributed by atoms with E-state index in [-0.39, 0.29) is 41.5 Å². The van der Waals surface area contributed by atoms with Crippen LogP contribution in [0.1, 0.15) is 35.3 Å². The minimum atomic E-state index is -0.384. The van der Waals surface area contributed by atoms with E-state index in [1.165, 1.54) is 6.07 Å². The van der Waals surface area contributed by atoms with Gasteiger partial charge in [0.25, 0.3) is 5.91 Å². The molecule has 0 aromatic heterocycles. The van der Waals surface area contributed by atoms with Crippen LogP contribution in [0.4, 0.5) is 4.39 Å². The van der Waals surface area contributed by atoms with E-state index in [1.807, 2.05) is 44.2 Å². The molecule has 0 aliphatic rings. The zero-order valence-corrected chi connectivity index (χ0v) is 20.2. The van der Waals surface area contributed by atoms with Crippen molar-refractivity contribution in [1.82, 2.24) is 15.5 Å². The van der Waals surface area contributed by atoms with Crippen LogP contribution in [0, 0.1) is 5.82 Å². The Morgan fingerprint density at radius 1 is 1.07 bits per heavy atom. The largest absolute Gasteiger partial charge is 0.491 e. The third-order valence-electron chi connectivity index (χ3n) is 4.13. The van der Waals surface area contributed by atoms with Crippen molar-refractivity contribution < 1.29 is 13.9 Å². The molecule has 2 N–H and O–H groups in total. The Hall–Kier alpha value is -2.36. The van der Waals surface area contributed by atoms with Crippen LogP contribution in [0.3, 0.4) is 0 Å². The minimum absolute atomic E-state index is 0. The van der Waals surface area contributed by atoms with Crippen LogP contribution in [0.15, 0.2) is 47.5 Å². The van der Waals surface area contributed by atoms with Crippen molar-refractivity contribution in [3.05, 3.63) is 65.0 Å². The van der Waals surface area contributed by atoms with Crippen molar-refractivity contribution >= 4 is 35.8 Å². The van der Waals surface area contributed by atoms with Crippen molar-refractivity contribution in [2.75, 3.05) is 27.2 Å². The van der Waals surface area contributed by atoms with Crippen LogP contribution in [-0.4, -0.2) is 44.0 Å². The summed E-state index contributed by atoms with van der Waals surface area (Å²) >= 11 is 0. The highest BCUT2D eigenvalue weighted by Crippen LogP contribution is 2.18. The molecule has 164 valence electrons. The first-order valence-corrected chi connectivity index (χ1v) is 9.68. The molecule has 30 heavy (non-hydrogen) atoms. The van der Waals surface area contributed by atoms with Gasteiger partial charge in [-0.15, -0.1) is 24.0 Å². The van der Waals surface area contributed by atoms with E-state index < -0.39 is 0 Å². The van der Waals surface area contributed by atoms with E-state index >= 15 is 0 Å². The number of nitrogens with one attached hydrogen (secondary N) is 2. The van der Waals surface area contributed by atoms with E-state index in [0.29, 0.717) is 37.8 Å². The molecule has 0 spiro atoms. The van der Waals surface area contributed by atoms with Gasteiger partial charge in [0.1, 0.15) is 0 Å². The number of hydrogen-bond acceptors (Lipinski definition) is 3. The van der Waals surface area contributed by atoms with Crippen molar-refractivity contribution in [3.8, 4) is 5.75 Å². The molecular weight excluding hydrogens is 498 g/mol. The number of carbonyl (C=O) groups excluding carboxylic acids is 1. The van der Waals surface area contributed by atoms with E-state index in [9.17, 15) is 9.18 Å². The third kappa shape index (κ3) is 7.81. The van der Waals surface area contributed by atoms with Crippen molar-refractivity contribution in [3.63, 3.8) is 0 Å². The highest BCUT2D eigenvalue weighted by Gasteiger charge is 2.08. The van der Waals surface area contributed by atoms with Gasteiger partial charge >= 0.3 is 0 Å². The van der Waals surface area contributed by atoms with Gasteiger partial charge in [0.2, 0.25) is 0 Å². The first-order chi connectivity index (χ1) is 13.9. The molecule has 0 saturated carbocycles. The highest BCUT2D eigenvalue weighted by atomic mass is 127. The fourth-order valence-corrected chi connectivity index (χ4v) is 2.64. The number of rotatable bonds is 8. The van der Waals surface area contributed by atoms with Crippen LogP contribution in [0.2, 0.25) is 0 Å².